The minimum absolute atomic E-state index is 0.0661. The average molecular weight is 249 g/mol. The summed E-state index contributed by atoms with van der Waals surface area (Å²) in [4.78, 5) is 13.9. The molecule has 0 aromatic carbocycles. The molecular weight excluding hydrogens is 226 g/mol. The average Bonchev–Trinajstić information content (AvgIpc) is 2.61. The van der Waals surface area contributed by atoms with Crippen LogP contribution in [0.25, 0.3) is 0 Å². The second-order valence-electron chi connectivity index (χ2n) is 5.46. The van der Waals surface area contributed by atoms with Crippen LogP contribution in [0.5, 0.6) is 0 Å². The van der Waals surface area contributed by atoms with E-state index in [2.05, 4.69) is 11.9 Å². The molecule has 0 aliphatic rings. The zero-order chi connectivity index (χ0) is 13.8. The van der Waals surface area contributed by atoms with E-state index in [0.29, 0.717) is 13.1 Å². The third-order valence-electron chi connectivity index (χ3n) is 2.52. The summed E-state index contributed by atoms with van der Waals surface area (Å²) in [5.74, 6) is 0. The molecule has 0 radical (unpaired) electrons. The van der Waals surface area contributed by atoms with Crippen molar-refractivity contribution in [2.75, 3.05) is 6.54 Å². The number of nitrogens with zero attached hydrogens (tertiary/aromatic N) is 2. The summed E-state index contributed by atoms with van der Waals surface area (Å²) in [5.41, 5.74) is 0.867. The van der Waals surface area contributed by atoms with Crippen molar-refractivity contribution in [3.63, 3.8) is 0 Å². The van der Waals surface area contributed by atoms with Gasteiger partial charge >= 0.3 is 6.03 Å². The lowest BCUT2D eigenvalue weighted by molar-refractivity contribution is 0.190. The fourth-order valence-corrected chi connectivity index (χ4v) is 1.63. The molecule has 0 atom stereocenters. The topological polar surface area (TPSA) is 37.3 Å². The summed E-state index contributed by atoms with van der Waals surface area (Å²) in [7, 11) is 1.98. The Morgan fingerprint density at radius 2 is 2.22 bits per heavy atom. The van der Waals surface area contributed by atoms with Gasteiger partial charge in [0.2, 0.25) is 0 Å². The van der Waals surface area contributed by atoms with Crippen LogP contribution in [0.1, 0.15) is 26.5 Å². The fourth-order valence-electron chi connectivity index (χ4n) is 1.63. The first-order valence-electron chi connectivity index (χ1n) is 6.11. The fraction of sp³-hybridized carbons (Fsp3) is 0.500. The van der Waals surface area contributed by atoms with Crippen LogP contribution in [0.2, 0.25) is 0 Å². The van der Waals surface area contributed by atoms with Gasteiger partial charge in [-0.15, -0.1) is 6.58 Å². The number of nitrogens with one attached hydrogen (secondary N) is 1. The number of aromatic nitrogens is 1. The highest BCUT2D eigenvalue weighted by atomic mass is 16.2. The zero-order valence-corrected chi connectivity index (χ0v) is 11.7. The van der Waals surface area contributed by atoms with Gasteiger partial charge < -0.3 is 14.8 Å². The Hall–Kier alpha value is -1.71. The van der Waals surface area contributed by atoms with E-state index < -0.39 is 0 Å². The molecule has 4 heteroatoms. The second-order valence-corrected chi connectivity index (χ2v) is 5.46. The predicted molar refractivity (Wildman–Crippen MR) is 74.3 cm³/mol. The Balaban J connectivity index is 2.74. The second kappa shape index (κ2) is 5.76. The van der Waals surface area contributed by atoms with Gasteiger partial charge in [-0.1, -0.05) is 6.08 Å². The molecule has 0 aliphatic carbocycles. The Kier molecular flexibility index (Phi) is 4.59. The molecule has 100 valence electrons. The van der Waals surface area contributed by atoms with Crippen LogP contribution >= 0.6 is 0 Å². The Morgan fingerprint density at radius 1 is 1.56 bits per heavy atom. The quantitative estimate of drug-likeness (QED) is 0.818. The van der Waals surface area contributed by atoms with E-state index in [9.17, 15) is 4.79 Å². The molecule has 1 heterocycles. The van der Waals surface area contributed by atoms with Crippen LogP contribution in [-0.4, -0.2) is 27.6 Å². The minimum atomic E-state index is -0.231. The number of carbonyl (C=O) groups is 1. The molecule has 1 aromatic rings. The van der Waals surface area contributed by atoms with Crippen LogP contribution < -0.4 is 5.32 Å². The summed E-state index contributed by atoms with van der Waals surface area (Å²) in [5, 5.41) is 2.97. The SMILES string of the molecule is C=CCN(Cc1cccn1C)C(=O)NC(C)(C)C. The molecular formula is C14H23N3O. The Morgan fingerprint density at radius 3 is 2.67 bits per heavy atom. The Labute approximate surface area is 109 Å². The number of carbonyl (C=O) groups excluding carboxylic acids is 1. The van der Waals surface area contributed by atoms with Gasteiger partial charge in [-0.2, -0.15) is 0 Å². The standard InChI is InChI=1S/C14H23N3O/c1-6-9-17(13(18)15-14(2,3)4)11-12-8-7-10-16(12)5/h6-8,10H,1,9,11H2,2-5H3,(H,15,18). The van der Waals surface area contributed by atoms with E-state index in [1.165, 1.54) is 0 Å². The van der Waals surface area contributed by atoms with Gasteiger partial charge in [0.25, 0.3) is 0 Å². The molecule has 18 heavy (non-hydrogen) atoms. The molecule has 0 saturated carbocycles. The van der Waals surface area contributed by atoms with Crippen molar-refractivity contribution in [1.82, 2.24) is 14.8 Å². The normalized spacial score (nSPS) is 11.1. The van der Waals surface area contributed by atoms with Crippen LogP contribution in [0.4, 0.5) is 4.79 Å². The van der Waals surface area contributed by atoms with Crippen molar-refractivity contribution >= 4 is 6.03 Å². The molecule has 1 rings (SSSR count). The van der Waals surface area contributed by atoms with Crippen LogP contribution in [0.3, 0.4) is 0 Å². The van der Waals surface area contributed by atoms with E-state index in [-0.39, 0.29) is 11.6 Å². The number of urea groups is 1. The van der Waals surface area contributed by atoms with Gasteiger partial charge in [0.1, 0.15) is 0 Å². The molecule has 1 aromatic heterocycles. The first-order valence-corrected chi connectivity index (χ1v) is 6.11. The third kappa shape index (κ3) is 4.28. The Bertz CT molecular complexity index is 415. The lowest BCUT2D eigenvalue weighted by Crippen LogP contribution is -2.48. The van der Waals surface area contributed by atoms with Crippen molar-refractivity contribution in [1.29, 1.82) is 0 Å². The van der Waals surface area contributed by atoms with Gasteiger partial charge in [-0.3, -0.25) is 0 Å². The lowest BCUT2D eigenvalue weighted by Gasteiger charge is -2.27. The summed E-state index contributed by atoms with van der Waals surface area (Å²) < 4.78 is 2.01. The molecule has 1 N–H and O–H groups in total. The maximum absolute atomic E-state index is 12.1. The number of rotatable bonds is 4. The summed E-state index contributed by atoms with van der Waals surface area (Å²) >= 11 is 0. The number of aryl methyl sites for hydroxylation is 1. The summed E-state index contributed by atoms with van der Waals surface area (Å²) in [6, 6.07) is 3.92. The van der Waals surface area contributed by atoms with Gasteiger partial charge in [0.15, 0.2) is 0 Å². The largest absolute Gasteiger partial charge is 0.353 e. The molecule has 0 fully saturated rings. The van der Waals surface area contributed by atoms with E-state index in [4.69, 9.17) is 0 Å². The minimum Gasteiger partial charge on any atom is -0.353 e. The number of hydrogen-bond donors (Lipinski definition) is 1. The van der Waals surface area contributed by atoms with E-state index >= 15 is 0 Å². The third-order valence-corrected chi connectivity index (χ3v) is 2.52. The van der Waals surface area contributed by atoms with Gasteiger partial charge in [-0.05, 0) is 32.9 Å². The van der Waals surface area contributed by atoms with Gasteiger partial charge in [-0.25, -0.2) is 4.79 Å². The van der Waals surface area contributed by atoms with Crippen molar-refractivity contribution in [2.24, 2.45) is 7.05 Å². The maximum atomic E-state index is 12.1. The molecule has 0 saturated heterocycles. The van der Waals surface area contributed by atoms with E-state index in [0.717, 1.165) is 5.69 Å². The number of amides is 2. The monoisotopic (exact) mass is 249 g/mol. The van der Waals surface area contributed by atoms with Crippen molar-refractivity contribution in [3.8, 4) is 0 Å². The van der Waals surface area contributed by atoms with Crippen molar-refractivity contribution in [3.05, 3.63) is 36.7 Å². The summed E-state index contributed by atoms with van der Waals surface area (Å²) in [6.45, 7) is 10.7. The highest BCUT2D eigenvalue weighted by molar-refractivity contribution is 5.75. The smallest absolute Gasteiger partial charge is 0.318 e. The highest BCUT2D eigenvalue weighted by Crippen LogP contribution is 2.07. The molecule has 0 unspecified atom stereocenters. The highest BCUT2D eigenvalue weighted by Gasteiger charge is 2.19. The first-order chi connectivity index (χ1) is 8.33. The molecule has 0 bridgehead atoms. The predicted octanol–water partition coefficient (Wildman–Crippen LogP) is 2.52. The van der Waals surface area contributed by atoms with E-state index in [1.807, 2.05) is 50.7 Å². The maximum Gasteiger partial charge on any atom is 0.318 e. The van der Waals surface area contributed by atoms with Crippen molar-refractivity contribution in [2.45, 2.75) is 32.9 Å². The molecule has 0 aliphatic heterocycles. The zero-order valence-electron chi connectivity index (χ0n) is 11.7. The summed E-state index contributed by atoms with van der Waals surface area (Å²) in [6.07, 6.45) is 3.72. The lowest BCUT2D eigenvalue weighted by atomic mass is 10.1. The number of hydrogen-bond acceptors (Lipinski definition) is 1. The van der Waals surface area contributed by atoms with Crippen molar-refractivity contribution < 1.29 is 4.79 Å². The van der Waals surface area contributed by atoms with Crippen LogP contribution in [0, 0.1) is 0 Å². The molecule has 2 amide bonds. The molecule has 0 spiro atoms. The first kappa shape index (κ1) is 14.4. The van der Waals surface area contributed by atoms with Crippen LogP contribution in [-0.2, 0) is 13.6 Å². The van der Waals surface area contributed by atoms with Gasteiger partial charge in [0, 0.05) is 31.0 Å². The van der Waals surface area contributed by atoms with E-state index in [1.54, 1.807) is 11.0 Å². The van der Waals surface area contributed by atoms with Crippen LogP contribution in [0.15, 0.2) is 31.0 Å². The molecule has 4 nitrogen and oxygen atoms in total. The van der Waals surface area contributed by atoms with Gasteiger partial charge in [0.05, 0.1) is 6.54 Å².